The van der Waals surface area contributed by atoms with Crippen molar-refractivity contribution in [2.24, 2.45) is 0 Å². The minimum absolute atomic E-state index is 0.0638. The van der Waals surface area contributed by atoms with Crippen LogP contribution in [0.2, 0.25) is 0 Å². The van der Waals surface area contributed by atoms with Crippen LogP contribution in [0, 0.1) is 0 Å². The molecular formula is C12H19F3N2O. The van der Waals surface area contributed by atoms with Crippen LogP contribution in [0.4, 0.5) is 13.2 Å². The fraction of sp³-hybridized carbons (Fsp3) is 0.917. The molecule has 0 spiro atoms. The molecule has 1 amide bonds. The van der Waals surface area contributed by atoms with E-state index < -0.39 is 12.6 Å². The third kappa shape index (κ3) is 4.15. The molecule has 6 heteroatoms. The average molecular weight is 264 g/mol. The summed E-state index contributed by atoms with van der Waals surface area (Å²) in [7, 11) is 0. The number of carbonyl (C=O) groups excluding carboxylic acids is 1. The van der Waals surface area contributed by atoms with Crippen LogP contribution in [0.3, 0.4) is 0 Å². The smallest absolute Gasteiger partial charge is 0.341 e. The predicted molar refractivity (Wildman–Crippen MR) is 61.0 cm³/mol. The van der Waals surface area contributed by atoms with Gasteiger partial charge in [-0.15, -0.1) is 0 Å². The number of nitrogens with zero attached hydrogens (tertiary/aromatic N) is 1. The lowest BCUT2D eigenvalue weighted by molar-refractivity contribution is -0.136. The molecule has 2 aliphatic rings. The van der Waals surface area contributed by atoms with Crippen LogP contribution in [0.15, 0.2) is 0 Å². The van der Waals surface area contributed by atoms with Gasteiger partial charge in [0.2, 0.25) is 5.91 Å². The lowest BCUT2D eigenvalue weighted by Crippen LogP contribution is -2.39. The number of halogens is 3. The summed E-state index contributed by atoms with van der Waals surface area (Å²) >= 11 is 0. The van der Waals surface area contributed by atoms with Crippen LogP contribution < -0.4 is 5.32 Å². The normalized spacial score (nSPS) is 24.9. The van der Waals surface area contributed by atoms with E-state index in [1.807, 2.05) is 0 Å². The maximum absolute atomic E-state index is 12.0. The number of unbranched alkanes of at least 4 members (excludes halogenated alkanes) is 1. The van der Waals surface area contributed by atoms with Gasteiger partial charge in [0.15, 0.2) is 0 Å². The van der Waals surface area contributed by atoms with Crippen molar-refractivity contribution in [3.63, 3.8) is 0 Å². The lowest BCUT2D eigenvalue weighted by Gasteiger charge is -2.17. The first-order chi connectivity index (χ1) is 8.46. The summed E-state index contributed by atoms with van der Waals surface area (Å²) in [6.07, 6.45) is -1.24. The third-order valence-corrected chi connectivity index (χ3v) is 3.45. The van der Waals surface area contributed by atoms with Crippen molar-refractivity contribution in [1.82, 2.24) is 10.2 Å². The first-order valence-electron chi connectivity index (χ1n) is 6.57. The minimum Gasteiger partial charge on any atom is -0.341 e. The number of carbonyl (C=O) groups is 1. The standard InChI is InChI=1S/C12H19F3N2O/c13-12(14,15)6-1-2-7-17-8-5-10(11(17)18)16-9-3-4-9/h9-10,16H,1-8H2. The molecule has 0 aromatic rings. The Balaban J connectivity index is 1.63. The van der Waals surface area contributed by atoms with Crippen LogP contribution in [0.5, 0.6) is 0 Å². The maximum Gasteiger partial charge on any atom is 0.389 e. The van der Waals surface area contributed by atoms with E-state index in [2.05, 4.69) is 5.32 Å². The summed E-state index contributed by atoms with van der Waals surface area (Å²) < 4.78 is 35.9. The zero-order valence-electron chi connectivity index (χ0n) is 10.3. The Morgan fingerprint density at radius 3 is 2.56 bits per heavy atom. The van der Waals surface area contributed by atoms with Crippen molar-refractivity contribution in [2.45, 2.75) is 56.8 Å². The largest absolute Gasteiger partial charge is 0.389 e. The molecule has 1 saturated heterocycles. The zero-order valence-corrected chi connectivity index (χ0v) is 10.3. The van der Waals surface area contributed by atoms with Gasteiger partial charge >= 0.3 is 6.18 Å². The molecule has 1 saturated carbocycles. The van der Waals surface area contributed by atoms with Crippen LogP contribution in [0.1, 0.15) is 38.5 Å². The molecule has 2 fully saturated rings. The van der Waals surface area contributed by atoms with Gasteiger partial charge in [-0.2, -0.15) is 13.2 Å². The SMILES string of the molecule is O=C1C(NC2CC2)CCN1CCCCC(F)(F)F. The number of nitrogens with one attached hydrogen (secondary N) is 1. The van der Waals surface area contributed by atoms with Gasteiger partial charge in [0.05, 0.1) is 6.04 Å². The highest BCUT2D eigenvalue weighted by atomic mass is 19.4. The summed E-state index contributed by atoms with van der Waals surface area (Å²) in [5, 5.41) is 3.28. The lowest BCUT2D eigenvalue weighted by atomic mass is 10.2. The first-order valence-corrected chi connectivity index (χ1v) is 6.57. The number of likely N-dealkylation sites (tertiary alicyclic amines) is 1. The average Bonchev–Trinajstić information content (AvgIpc) is 3.01. The van der Waals surface area contributed by atoms with Crippen molar-refractivity contribution in [3.8, 4) is 0 Å². The van der Waals surface area contributed by atoms with Gasteiger partial charge in [-0.3, -0.25) is 4.79 Å². The third-order valence-electron chi connectivity index (χ3n) is 3.45. The Hall–Kier alpha value is -0.780. The summed E-state index contributed by atoms with van der Waals surface area (Å²) in [4.78, 5) is 13.6. The second kappa shape index (κ2) is 5.47. The number of amides is 1. The minimum atomic E-state index is -4.08. The fourth-order valence-electron chi connectivity index (χ4n) is 2.28. The quantitative estimate of drug-likeness (QED) is 0.745. The molecule has 1 N–H and O–H groups in total. The second-order valence-electron chi connectivity index (χ2n) is 5.18. The van der Waals surface area contributed by atoms with Gasteiger partial charge < -0.3 is 10.2 Å². The molecule has 2 rings (SSSR count). The Labute approximate surface area is 105 Å². The van der Waals surface area contributed by atoms with E-state index in [-0.39, 0.29) is 18.4 Å². The molecule has 0 radical (unpaired) electrons. The van der Waals surface area contributed by atoms with E-state index in [0.717, 1.165) is 19.3 Å². The summed E-state index contributed by atoms with van der Waals surface area (Å²) in [6.45, 7) is 1.13. The molecule has 18 heavy (non-hydrogen) atoms. The molecule has 1 aliphatic heterocycles. The maximum atomic E-state index is 12.0. The Morgan fingerprint density at radius 2 is 1.94 bits per heavy atom. The number of alkyl halides is 3. The highest BCUT2D eigenvalue weighted by molar-refractivity contribution is 5.84. The van der Waals surface area contributed by atoms with Gasteiger partial charge in [-0.05, 0) is 32.1 Å². The molecule has 1 unspecified atom stereocenters. The molecule has 1 atom stereocenters. The highest BCUT2D eigenvalue weighted by Gasteiger charge is 2.35. The van der Waals surface area contributed by atoms with Crippen molar-refractivity contribution < 1.29 is 18.0 Å². The van der Waals surface area contributed by atoms with Crippen molar-refractivity contribution >= 4 is 5.91 Å². The molecule has 1 heterocycles. The summed E-state index contributed by atoms with van der Waals surface area (Å²) in [5.41, 5.74) is 0. The summed E-state index contributed by atoms with van der Waals surface area (Å²) in [6, 6.07) is 0.393. The summed E-state index contributed by atoms with van der Waals surface area (Å²) in [5.74, 6) is 0.0638. The van der Waals surface area contributed by atoms with Crippen molar-refractivity contribution in [2.75, 3.05) is 13.1 Å². The van der Waals surface area contributed by atoms with Gasteiger partial charge in [0.1, 0.15) is 0 Å². The van der Waals surface area contributed by atoms with E-state index in [0.29, 0.717) is 25.6 Å². The topological polar surface area (TPSA) is 32.3 Å². The number of hydrogen-bond donors (Lipinski definition) is 1. The molecule has 1 aliphatic carbocycles. The Kier molecular flexibility index (Phi) is 4.14. The van der Waals surface area contributed by atoms with Crippen LogP contribution in [-0.4, -0.2) is 42.2 Å². The zero-order chi connectivity index (χ0) is 13.2. The highest BCUT2D eigenvalue weighted by Crippen LogP contribution is 2.24. The van der Waals surface area contributed by atoms with Crippen LogP contribution >= 0.6 is 0 Å². The molecular weight excluding hydrogens is 245 g/mol. The van der Waals surface area contributed by atoms with Crippen LogP contribution in [-0.2, 0) is 4.79 Å². The van der Waals surface area contributed by atoms with E-state index in [4.69, 9.17) is 0 Å². The molecule has 0 bridgehead atoms. The van der Waals surface area contributed by atoms with Crippen molar-refractivity contribution in [3.05, 3.63) is 0 Å². The van der Waals surface area contributed by atoms with Gasteiger partial charge in [-0.1, -0.05) is 0 Å². The number of hydrogen-bond acceptors (Lipinski definition) is 2. The Bertz CT molecular complexity index is 302. The molecule has 104 valence electrons. The number of rotatable bonds is 6. The fourth-order valence-corrected chi connectivity index (χ4v) is 2.28. The van der Waals surface area contributed by atoms with E-state index in [9.17, 15) is 18.0 Å². The molecule has 0 aromatic heterocycles. The first kappa shape index (κ1) is 13.6. The van der Waals surface area contributed by atoms with E-state index in [1.54, 1.807) is 4.90 Å². The van der Waals surface area contributed by atoms with Gasteiger partial charge in [0, 0.05) is 25.6 Å². The van der Waals surface area contributed by atoms with Crippen LogP contribution in [0.25, 0.3) is 0 Å². The molecule has 3 nitrogen and oxygen atoms in total. The predicted octanol–water partition coefficient (Wildman–Crippen LogP) is 2.07. The second-order valence-corrected chi connectivity index (χ2v) is 5.18. The van der Waals surface area contributed by atoms with Crippen molar-refractivity contribution in [1.29, 1.82) is 0 Å². The van der Waals surface area contributed by atoms with Gasteiger partial charge in [0.25, 0.3) is 0 Å². The monoisotopic (exact) mass is 264 g/mol. The van der Waals surface area contributed by atoms with Gasteiger partial charge in [-0.25, -0.2) is 0 Å². The Morgan fingerprint density at radius 1 is 1.22 bits per heavy atom. The molecule has 0 aromatic carbocycles. The van der Waals surface area contributed by atoms with E-state index >= 15 is 0 Å². The van der Waals surface area contributed by atoms with E-state index in [1.165, 1.54) is 0 Å².